The molecule has 0 unspecified atom stereocenters. The van der Waals surface area contributed by atoms with E-state index >= 15 is 0 Å². The van der Waals surface area contributed by atoms with E-state index in [1.165, 1.54) is 41.3 Å². The zero-order valence-corrected chi connectivity index (χ0v) is 14.9. The van der Waals surface area contributed by atoms with Crippen LogP contribution in [0.1, 0.15) is 5.69 Å². The van der Waals surface area contributed by atoms with E-state index in [9.17, 15) is 8.78 Å². The lowest BCUT2D eigenvalue weighted by molar-refractivity contribution is 0.489. The van der Waals surface area contributed by atoms with E-state index in [1.54, 1.807) is 23.6 Å². The first-order valence-corrected chi connectivity index (χ1v) is 9.42. The van der Waals surface area contributed by atoms with Gasteiger partial charge >= 0.3 is 0 Å². The van der Waals surface area contributed by atoms with Crippen LogP contribution in [0, 0.1) is 11.6 Å². The maximum atomic E-state index is 13.8. The molecule has 0 aliphatic carbocycles. The first-order chi connectivity index (χ1) is 12.1. The van der Waals surface area contributed by atoms with Crippen LogP contribution in [-0.4, -0.2) is 9.97 Å². The van der Waals surface area contributed by atoms with Gasteiger partial charge in [-0.3, -0.25) is 0 Å². The number of nitrogens with zero attached hydrogens (tertiary/aromatic N) is 2. The van der Waals surface area contributed by atoms with Crippen molar-refractivity contribution in [2.45, 2.75) is 11.0 Å². The number of halogens is 3. The second kappa shape index (κ2) is 6.74. The zero-order chi connectivity index (χ0) is 17.4. The van der Waals surface area contributed by atoms with Gasteiger partial charge in [-0.05, 0) is 30.3 Å². The molecular formula is C17H9ClF2N2OS2. The van der Waals surface area contributed by atoms with E-state index in [4.69, 9.17) is 16.0 Å². The van der Waals surface area contributed by atoms with Gasteiger partial charge in [0.25, 0.3) is 5.22 Å². The third-order valence-corrected chi connectivity index (χ3v) is 5.41. The molecule has 2 aromatic heterocycles. The molecule has 0 aliphatic rings. The van der Waals surface area contributed by atoms with Crippen LogP contribution in [-0.2, 0) is 5.75 Å². The van der Waals surface area contributed by atoms with Gasteiger partial charge in [-0.1, -0.05) is 29.4 Å². The van der Waals surface area contributed by atoms with Crippen LogP contribution >= 0.6 is 34.7 Å². The molecule has 0 spiro atoms. The molecular weight excluding hydrogens is 386 g/mol. The van der Waals surface area contributed by atoms with Gasteiger partial charge in [-0.2, -0.15) is 0 Å². The number of oxazole rings is 1. The average Bonchev–Trinajstić information content (AvgIpc) is 3.19. The van der Waals surface area contributed by atoms with Gasteiger partial charge in [-0.15, -0.1) is 11.3 Å². The standard InChI is InChI=1S/C17H9ClF2N2OS2/c18-9-4-5-14-13(6-9)22-17(23-14)25-8-10-7-24-16(21-10)15-11(19)2-1-3-12(15)20/h1-7H,8H2. The summed E-state index contributed by atoms with van der Waals surface area (Å²) in [5, 5.41) is 3.17. The van der Waals surface area contributed by atoms with Crippen molar-refractivity contribution in [3.05, 3.63) is 64.1 Å². The van der Waals surface area contributed by atoms with Crippen LogP contribution in [0.25, 0.3) is 21.7 Å². The summed E-state index contributed by atoms with van der Waals surface area (Å²) in [6.45, 7) is 0. The quantitative estimate of drug-likeness (QED) is 0.388. The molecule has 0 saturated carbocycles. The summed E-state index contributed by atoms with van der Waals surface area (Å²) >= 11 is 8.49. The van der Waals surface area contributed by atoms with E-state index in [-0.39, 0.29) is 5.56 Å². The molecule has 3 nitrogen and oxygen atoms in total. The molecule has 0 fully saturated rings. The summed E-state index contributed by atoms with van der Waals surface area (Å²) in [5.41, 5.74) is 1.94. The maximum Gasteiger partial charge on any atom is 0.257 e. The van der Waals surface area contributed by atoms with Gasteiger partial charge in [0, 0.05) is 16.2 Å². The lowest BCUT2D eigenvalue weighted by Crippen LogP contribution is -1.89. The number of hydrogen-bond acceptors (Lipinski definition) is 5. The third kappa shape index (κ3) is 3.40. The molecule has 4 rings (SSSR count). The number of hydrogen-bond donors (Lipinski definition) is 0. The maximum absolute atomic E-state index is 13.8. The second-order valence-corrected chi connectivity index (χ2v) is 7.34. The number of rotatable bonds is 4. The van der Waals surface area contributed by atoms with Crippen molar-refractivity contribution in [2.24, 2.45) is 0 Å². The van der Waals surface area contributed by atoms with Crippen molar-refractivity contribution in [1.29, 1.82) is 0 Å². The van der Waals surface area contributed by atoms with Crippen LogP contribution < -0.4 is 0 Å². The minimum atomic E-state index is -0.621. The molecule has 126 valence electrons. The molecule has 0 amide bonds. The van der Waals surface area contributed by atoms with Gasteiger partial charge in [0.2, 0.25) is 0 Å². The molecule has 4 aromatic rings. The first-order valence-electron chi connectivity index (χ1n) is 7.18. The van der Waals surface area contributed by atoms with Crippen LogP contribution in [0.5, 0.6) is 0 Å². The highest BCUT2D eigenvalue weighted by Crippen LogP contribution is 2.32. The van der Waals surface area contributed by atoms with Crippen LogP contribution in [0.15, 0.2) is 51.4 Å². The van der Waals surface area contributed by atoms with Gasteiger partial charge in [0.05, 0.1) is 11.3 Å². The molecule has 0 saturated heterocycles. The second-order valence-electron chi connectivity index (χ2n) is 5.12. The molecule has 2 heterocycles. The molecule has 0 N–H and O–H groups in total. The van der Waals surface area contributed by atoms with Crippen molar-refractivity contribution in [3.63, 3.8) is 0 Å². The molecule has 0 radical (unpaired) electrons. The molecule has 0 atom stereocenters. The Labute approximate surface area is 154 Å². The Kier molecular flexibility index (Phi) is 4.45. The van der Waals surface area contributed by atoms with E-state index in [0.29, 0.717) is 37.8 Å². The summed E-state index contributed by atoms with van der Waals surface area (Å²) < 4.78 is 33.3. The van der Waals surface area contributed by atoms with Crippen LogP contribution in [0.3, 0.4) is 0 Å². The fraction of sp³-hybridized carbons (Fsp3) is 0.0588. The van der Waals surface area contributed by atoms with Crippen molar-refractivity contribution in [2.75, 3.05) is 0 Å². The fourth-order valence-electron chi connectivity index (χ4n) is 2.27. The van der Waals surface area contributed by atoms with Crippen molar-refractivity contribution in [3.8, 4) is 10.6 Å². The van der Waals surface area contributed by atoms with Gasteiger partial charge < -0.3 is 4.42 Å². The summed E-state index contributed by atoms with van der Waals surface area (Å²) in [7, 11) is 0. The number of benzene rings is 2. The monoisotopic (exact) mass is 394 g/mol. The Balaban J connectivity index is 1.53. The topological polar surface area (TPSA) is 38.9 Å². The lowest BCUT2D eigenvalue weighted by atomic mass is 10.2. The molecule has 2 aromatic carbocycles. The average molecular weight is 395 g/mol. The van der Waals surface area contributed by atoms with Crippen molar-refractivity contribution in [1.82, 2.24) is 9.97 Å². The van der Waals surface area contributed by atoms with Gasteiger partial charge in [-0.25, -0.2) is 18.7 Å². The SMILES string of the molecule is Fc1cccc(F)c1-c1nc(CSc2nc3cc(Cl)ccc3o2)cs1. The largest absolute Gasteiger partial charge is 0.431 e. The zero-order valence-electron chi connectivity index (χ0n) is 12.5. The number of thioether (sulfide) groups is 1. The summed E-state index contributed by atoms with van der Waals surface area (Å²) in [5.74, 6) is -0.763. The highest BCUT2D eigenvalue weighted by molar-refractivity contribution is 7.98. The molecule has 0 bridgehead atoms. The Hall–Kier alpha value is -1.96. The van der Waals surface area contributed by atoms with Crippen molar-refractivity contribution < 1.29 is 13.2 Å². The highest BCUT2D eigenvalue weighted by atomic mass is 35.5. The Morgan fingerprint density at radius 1 is 1.12 bits per heavy atom. The van der Waals surface area contributed by atoms with Gasteiger partial charge in [0.1, 0.15) is 22.2 Å². The Bertz CT molecular complexity index is 1040. The van der Waals surface area contributed by atoms with E-state index in [0.717, 1.165) is 0 Å². The summed E-state index contributed by atoms with van der Waals surface area (Å²) in [6.07, 6.45) is 0. The Morgan fingerprint density at radius 3 is 2.72 bits per heavy atom. The minimum absolute atomic E-state index is 0.0970. The predicted molar refractivity (Wildman–Crippen MR) is 96.0 cm³/mol. The molecule has 8 heteroatoms. The normalized spacial score (nSPS) is 11.3. The lowest BCUT2D eigenvalue weighted by Gasteiger charge is -2.00. The molecule has 25 heavy (non-hydrogen) atoms. The van der Waals surface area contributed by atoms with E-state index in [2.05, 4.69) is 9.97 Å². The van der Waals surface area contributed by atoms with Crippen LogP contribution in [0.4, 0.5) is 8.78 Å². The van der Waals surface area contributed by atoms with Crippen LogP contribution in [0.2, 0.25) is 5.02 Å². The van der Waals surface area contributed by atoms with E-state index in [1.807, 2.05) is 0 Å². The van der Waals surface area contributed by atoms with Crippen molar-refractivity contribution >= 4 is 45.8 Å². The number of fused-ring (bicyclic) bond motifs is 1. The first kappa shape index (κ1) is 16.5. The molecule has 0 aliphatic heterocycles. The Morgan fingerprint density at radius 2 is 1.92 bits per heavy atom. The smallest absolute Gasteiger partial charge is 0.257 e. The minimum Gasteiger partial charge on any atom is -0.431 e. The van der Waals surface area contributed by atoms with Gasteiger partial charge in [0.15, 0.2) is 5.58 Å². The number of aromatic nitrogens is 2. The third-order valence-electron chi connectivity index (χ3n) is 3.40. The fourth-order valence-corrected chi connectivity index (χ4v) is 4.14. The summed E-state index contributed by atoms with van der Waals surface area (Å²) in [4.78, 5) is 8.66. The summed E-state index contributed by atoms with van der Waals surface area (Å²) in [6, 6.07) is 9.00. The number of thiazole rings is 1. The van der Waals surface area contributed by atoms with E-state index < -0.39 is 11.6 Å². The predicted octanol–water partition coefficient (Wildman–Crippen LogP) is 6.18. The highest BCUT2D eigenvalue weighted by Gasteiger charge is 2.15.